The van der Waals surface area contributed by atoms with Gasteiger partial charge in [0.15, 0.2) is 5.25 Å². The van der Waals surface area contributed by atoms with Crippen LogP contribution >= 0.6 is 0 Å². The largest absolute Gasteiger partial charge is 0.227 e. The number of unbranched alkanes of at least 4 members (excludes halogenated alkanes) is 9. The Bertz CT molecular complexity index is 463. The van der Waals surface area contributed by atoms with Crippen molar-refractivity contribution in [2.45, 2.75) is 89.2 Å². The van der Waals surface area contributed by atoms with E-state index in [2.05, 4.69) is 17.7 Å². The van der Waals surface area contributed by atoms with Crippen molar-refractivity contribution in [2.24, 2.45) is 0 Å². The van der Waals surface area contributed by atoms with Crippen LogP contribution in [0.5, 0.6) is 0 Å². The standard InChI is InChI=1S/C17H31N3O2S/c1-2-3-4-10-13-17(16-19)23(21,22)20-15-12-9-7-5-6-8-11-14-18/h17,20H,2-13,15H2,1H3. The van der Waals surface area contributed by atoms with Crippen molar-refractivity contribution < 1.29 is 8.42 Å². The molecule has 6 heteroatoms. The van der Waals surface area contributed by atoms with Gasteiger partial charge in [-0.1, -0.05) is 58.3 Å². The first-order valence-corrected chi connectivity index (χ1v) is 10.4. The summed E-state index contributed by atoms with van der Waals surface area (Å²) in [5, 5.41) is 16.6. The van der Waals surface area contributed by atoms with Gasteiger partial charge >= 0.3 is 0 Å². The lowest BCUT2D eigenvalue weighted by Crippen LogP contribution is -2.34. The zero-order chi connectivity index (χ0) is 17.4. The molecule has 0 fully saturated rings. The van der Waals surface area contributed by atoms with Gasteiger partial charge in [-0.05, 0) is 19.3 Å². The van der Waals surface area contributed by atoms with E-state index in [1.807, 2.05) is 6.07 Å². The van der Waals surface area contributed by atoms with Crippen LogP contribution in [0.25, 0.3) is 0 Å². The Kier molecular flexibility index (Phi) is 13.8. The second kappa shape index (κ2) is 14.5. The van der Waals surface area contributed by atoms with Crippen molar-refractivity contribution in [3.63, 3.8) is 0 Å². The second-order valence-corrected chi connectivity index (χ2v) is 7.88. The van der Waals surface area contributed by atoms with E-state index in [0.717, 1.165) is 64.2 Å². The minimum Gasteiger partial charge on any atom is -0.214 e. The van der Waals surface area contributed by atoms with Gasteiger partial charge < -0.3 is 0 Å². The highest BCUT2D eigenvalue weighted by Gasteiger charge is 2.23. The Hall–Kier alpha value is -1.11. The number of nitriles is 2. The molecule has 0 saturated carbocycles. The van der Waals surface area contributed by atoms with Gasteiger partial charge in [0.05, 0.1) is 12.1 Å². The average Bonchev–Trinajstić information content (AvgIpc) is 2.53. The van der Waals surface area contributed by atoms with E-state index >= 15 is 0 Å². The molecule has 1 unspecified atom stereocenters. The van der Waals surface area contributed by atoms with E-state index in [1.54, 1.807) is 0 Å². The van der Waals surface area contributed by atoms with Crippen molar-refractivity contribution >= 4 is 10.0 Å². The van der Waals surface area contributed by atoms with Gasteiger partial charge in [0.25, 0.3) is 0 Å². The minimum atomic E-state index is -3.51. The summed E-state index contributed by atoms with van der Waals surface area (Å²) in [5.74, 6) is 0. The molecule has 1 N–H and O–H groups in total. The topological polar surface area (TPSA) is 93.8 Å². The first-order chi connectivity index (χ1) is 11.1. The summed E-state index contributed by atoms with van der Waals surface area (Å²) in [5.41, 5.74) is 0. The molecular weight excluding hydrogens is 310 g/mol. The van der Waals surface area contributed by atoms with E-state index in [9.17, 15) is 8.42 Å². The van der Waals surface area contributed by atoms with E-state index in [-0.39, 0.29) is 0 Å². The Morgan fingerprint density at radius 1 is 0.913 bits per heavy atom. The van der Waals surface area contributed by atoms with Gasteiger partial charge in [-0.3, -0.25) is 0 Å². The molecule has 0 aromatic rings. The molecule has 0 rings (SSSR count). The number of nitrogens with zero attached hydrogens (tertiary/aromatic N) is 2. The first-order valence-electron chi connectivity index (χ1n) is 8.83. The quantitative estimate of drug-likeness (QED) is 0.455. The van der Waals surface area contributed by atoms with E-state index in [1.165, 1.54) is 0 Å². The molecule has 0 aliphatic heterocycles. The molecule has 23 heavy (non-hydrogen) atoms. The molecule has 0 bridgehead atoms. The Balaban J connectivity index is 3.80. The minimum absolute atomic E-state index is 0.410. The molecule has 0 aliphatic carbocycles. The smallest absolute Gasteiger partial charge is 0.214 e. The Morgan fingerprint density at radius 2 is 1.52 bits per heavy atom. The molecule has 0 spiro atoms. The summed E-state index contributed by atoms with van der Waals surface area (Å²) < 4.78 is 26.7. The van der Waals surface area contributed by atoms with Crippen molar-refractivity contribution in [1.82, 2.24) is 4.72 Å². The molecule has 0 radical (unpaired) electrons. The van der Waals surface area contributed by atoms with Gasteiger partial charge in [-0.2, -0.15) is 10.5 Å². The number of nitrogens with one attached hydrogen (secondary N) is 1. The fourth-order valence-corrected chi connectivity index (χ4v) is 3.64. The summed E-state index contributed by atoms with van der Waals surface area (Å²) in [6.45, 7) is 2.51. The van der Waals surface area contributed by atoms with E-state index in [4.69, 9.17) is 10.5 Å². The lowest BCUT2D eigenvalue weighted by atomic mass is 10.1. The first kappa shape index (κ1) is 21.9. The van der Waals surface area contributed by atoms with Crippen molar-refractivity contribution in [3.05, 3.63) is 0 Å². The highest BCUT2D eigenvalue weighted by atomic mass is 32.2. The monoisotopic (exact) mass is 341 g/mol. The lowest BCUT2D eigenvalue weighted by molar-refractivity contribution is 0.551. The Morgan fingerprint density at radius 3 is 2.13 bits per heavy atom. The molecule has 0 aromatic heterocycles. The molecule has 1 atom stereocenters. The second-order valence-electron chi connectivity index (χ2n) is 5.94. The summed E-state index contributed by atoms with van der Waals surface area (Å²) in [6, 6.07) is 4.05. The van der Waals surface area contributed by atoms with Crippen molar-refractivity contribution in [2.75, 3.05) is 6.54 Å². The number of hydrogen-bond donors (Lipinski definition) is 1. The lowest BCUT2D eigenvalue weighted by Gasteiger charge is -2.11. The SMILES string of the molecule is CCCCCCC(C#N)S(=O)(=O)NCCCCCCCCC#N. The van der Waals surface area contributed by atoms with Crippen LogP contribution in [0.2, 0.25) is 0 Å². The highest BCUT2D eigenvalue weighted by molar-refractivity contribution is 7.90. The molecular formula is C17H31N3O2S. The summed E-state index contributed by atoms with van der Waals surface area (Å²) >= 11 is 0. The molecule has 0 saturated heterocycles. The number of hydrogen-bond acceptors (Lipinski definition) is 4. The van der Waals surface area contributed by atoms with Gasteiger partial charge in [0, 0.05) is 13.0 Å². The van der Waals surface area contributed by atoms with Gasteiger partial charge in [0.1, 0.15) is 0 Å². The van der Waals surface area contributed by atoms with Gasteiger partial charge in [0.2, 0.25) is 10.0 Å². The maximum Gasteiger partial charge on any atom is 0.227 e. The van der Waals surface area contributed by atoms with E-state index in [0.29, 0.717) is 19.4 Å². The predicted octanol–water partition coefficient (Wildman–Crippen LogP) is 4.02. The number of rotatable bonds is 15. The Labute approximate surface area is 142 Å². The molecule has 5 nitrogen and oxygen atoms in total. The van der Waals surface area contributed by atoms with Crippen LogP contribution in [-0.4, -0.2) is 20.2 Å². The van der Waals surface area contributed by atoms with Crippen LogP contribution in [0, 0.1) is 22.7 Å². The highest BCUT2D eigenvalue weighted by Crippen LogP contribution is 2.11. The van der Waals surface area contributed by atoms with Gasteiger partial charge in [-0.15, -0.1) is 0 Å². The maximum atomic E-state index is 12.1. The molecule has 0 aliphatic rings. The molecule has 0 amide bonds. The van der Waals surface area contributed by atoms with Gasteiger partial charge in [-0.25, -0.2) is 13.1 Å². The number of sulfonamides is 1. The predicted molar refractivity (Wildman–Crippen MR) is 93.0 cm³/mol. The maximum absolute atomic E-state index is 12.1. The van der Waals surface area contributed by atoms with Crippen LogP contribution < -0.4 is 4.72 Å². The fraction of sp³-hybridized carbons (Fsp3) is 0.882. The molecule has 132 valence electrons. The zero-order valence-corrected chi connectivity index (χ0v) is 15.2. The van der Waals surface area contributed by atoms with Crippen molar-refractivity contribution in [3.8, 4) is 12.1 Å². The van der Waals surface area contributed by atoms with Crippen LogP contribution in [0.4, 0.5) is 0 Å². The third-order valence-corrected chi connectivity index (χ3v) is 5.55. The van der Waals surface area contributed by atoms with Crippen LogP contribution in [-0.2, 0) is 10.0 Å². The van der Waals surface area contributed by atoms with Crippen LogP contribution in [0.15, 0.2) is 0 Å². The summed E-state index contributed by atoms with van der Waals surface area (Å²) in [4.78, 5) is 0. The summed E-state index contributed by atoms with van der Waals surface area (Å²) in [7, 11) is -3.51. The third kappa shape index (κ3) is 12.0. The summed E-state index contributed by atoms with van der Waals surface area (Å²) in [6.07, 6.45) is 10.9. The normalized spacial score (nSPS) is 12.5. The van der Waals surface area contributed by atoms with Crippen molar-refractivity contribution in [1.29, 1.82) is 10.5 Å². The molecule has 0 heterocycles. The zero-order valence-electron chi connectivity index (χ0n) is 14.4. The van der Waals surface area contributed by atoms with Crippen LogP contribution in [0.1, 0.15) is 84.0 Å². The molecule has 0 aromatic carbocycles. The third-order valence-electron chi connectivity index (χ3n) is 3.86. The fourth-order valence-electron chi connectivity index (χ4n) is 2.40. The average molecular weight is 342 g/mol. The van der Waals surface area contributed by atoms with Crippen LogP contribution in [0.3, 0.4) is 0 Å². The van der Waals surface area contributed by atoms with E-state index < -0.39 is 15.3 Å².